The van der Waals surface area contributed by atoms with E-state index in [2.05, 4.69) is 72.3 Å². The third-order valence-electron chi connectivity index (χ3n) is 14.5. The average Bonchev–Trinajstić information content (AvgIpc) is 3.91. The number of hydrazine groups is 1. The molecule has 16 nitrogen and oxygen atoms in total. The van der Waals surface area contributed by atoms with Crippen molar-refractivity contribution in [1.82, 2.24) is 45.0 Å². The quantitative estimate of drug-likeness (QED) is 0.186. The highest BCUT2D eigenvalue weighted by atomic mass is 32.1. The van der Waals surface area contributed by atoms with E-state index in [0.717, 1.165) is 83.4 Å². The van der Waals surface area contributed by atoms with Gasteiger partial charge in [0.25, 0.3) is 5.91 Å². The first-order chi connectivity index (χ1) is 32.5. The number of thiazole rings is 1. The Morgan fingerprint density at radius 1 is 1.10 bits per heavy atom. The molecule has 4 aliphatic heterocycles. The second kappa shape index (κ2) is 20.3. The molecule has 0 unspecified atom stereocenters. The second-order valence-corrected chi connectivity index (χ2v) is 21.6. The molecule has 3 aromatic heterocycles. The Bertz CT molecular complexity index is 2480. The number of carbonyl (C=O) groups excluding carboxylic acids is 4. The summed E-state index contributed by atoms with van der Waals surface area (Å²) >= 11 is 1.43. The summed E-state index contributed by atoms with van der Waals surface area (Å²) in [5.74, 6) is -1.10. The van der Waals surface area contributed by atoms with Crippen LogP contribution in [0.5, 0.6) is 0 Å². The summed E-state index contributed by atoms with van der Waals surface area (Å²) < 4.78 is 21.0. The summed E-state index contributed by atoms with van der Waals surface area (Å²) in [6, 6.07) is 8.40. The van der Waals surface area contributed by atoms with Crippen LogP contribution >= 0.6 is 11.3 Å². The van der Waals surface area contributed by atoms with Gasteiger partial charge in [0.05, 0.1) is 53.6 Å². The number of morpholine rings is 1. The minimum atomic E-state index is -1.17. The number of aromatic nitrogens is 3. The van der Waals surface area contributed by atoms with E-state index in [-0.39, 0.29) is 36.7 Å². The van der Waals surface area contributed by atoms with E-state index < -0.39 is 34.9 Å². The van der Waals surface area contributed by atoms with Crippen LogP contribution in [0.15, 0.2) is 41.9 Å². The summed E-state index contributed by atoms with van der Waals surface area (Å²) in [6.07, 6.45) is 5.63. The van der Waals surface area contributed by atoms with Gasteiger partial charge in [-0.15, -0.1) is 11.3 Å². The number of piperidine rings is 1. The van der Waals surface area contributed by atoms with Gasteiger partial charge in [-0.3, -0.25) is 19.6 Å². The van der Waals surface area contributed by atoms with Crippen molar-refractivity contribution < 1.29 is 33.4 Å². The number of pyridine rings is 1. The van der Waals surface area contributed by atoms with Gasteiger partial charge in [0.1, 0.15) is 23.9 Å². The highest BCUT2D eigenvalue weighted by molar-refractivity contribution is 7.10. The number of carbonyl (C=O) groups is 4. The SMILES string of the molecule is CCn1c(-c2cccnc2[C@H](C)OC)c2c3cc(ccc31)-c1csc(n1)C[C@H](NC(=O)[C@H](C(C)C)N(C)C(=O)N1CCC3(CC1)CN(C)CCO3)C(=O)N1CCC[C@](C=O)(COCC(C)(C)C2)N1. The van der Waals surface area contributed by atoms with Crippen LogP contribution in [0, 0.1) is 11.3 Å². The molecule has 4 amide bonds. The van der Waals surface area contributed by atoms with Gasteiger partial charge >= 0.3 is 6.03 Å². The number of amides is 4. The van der Waals surface area contributed by atoms with E-state index in [1.165, 1.54) is 21.2 Å². The Morgan fingerprint density at radius 2 is 1.88 bits per heavy atom. The van der Waals surface area contributed by atoms with Crippen molar-refractivity contribution in [2.45, 2.75) is 116 Å². The van der Waals surface area contributed by atoms with Crippen molar-refractivity contribution in [3.05, 3.63) is 58.2 Å². The zero-order valence-corrected chi connectivity index (χ0v) is 42.2. The number of methoxy groups -OCH3 is 1. The molecule has 368 valence electrons. The maximum absolute atomic E-state index is 14.8. The summed E-state index contributed by atoms with van der Waals surface area (Å²) in [5, 5.41) is 8.31. The molecule has 7 heterocycles. The molecule has 1 spiro atoms. The van der Waals surface area contributed by atoms with Crippen LogP contribution in [-0.4, -0.2) is 155 Å². The lowest BCUT2D eigenvalue weighted by molar-refractivity contribution is -0.147. The minimum absolute atomic E-state index is 0.0468. The van der Waals surface area contributed by atoms with Crippen LogP contribution in [0.25, 0.3) is 33.4 Å². The average molecular weight is 954 g/mol. The van der Waals surface area contributed by atoms with Gasteiger partial charge in [-0.05, 0) is 94.2 Å². The molecule has 68 heavy (non-hydrogen) atoms. The lowest BCUT2D eigenvalue weighted by atomic mass is 9.84. The molecule has 3 fully saturated rings. The van der Waals surface area contributed by atoms with Crippen LogP contribution in [0.2, 0.25) is 0 Å². The third kappa shape index (κ3) is 10.1. The molecule has 4 aliphatic rings. The molecule has 1 aromatic carbocycles. The fourth-order valence-corrected chi connectivity index (χ4v) is 11.7. The highest BCUT2D eigenvalue weighted by Gasteiger charge is 2.44. The zero-order valence-electron chi connectivity index (χ0n) is 41.4. The number of hydrogen-bond acceptors (Lipinski definition) is 12. The molecule has 0 radical (unpaired) electrons. The molecule has 3 saturated heterocycles. The van der Waals surface area contributed by atoms with Crippen LogP contribution in [-0.2, 0) is 48.0 Å². The molecule has 4 atom stereocenters. The molecular weight excluding hydrogens is 883 g/mol. The number of benzene rings is 1. The first kappa shape index (κ1) is 49.6. The van der Waals surface area contributed by atoms with Crippen molar-refractivity contribution in [3.8, 4) is 22.5 Å². The van der Waals surface area contributed by atoms with Crippen molar-refractivity contribution in [1.29, 1.82) is 0 Å². The molecule has 17 heteroatoms. The summed E-state index contributed by atoms with van der Waals surface area (Å²) in [5.41, 5.74) is 8.31. The van der Waals surface area contributed by atoms with E-state index in [1.54, 1.807) is 19.1 Å². The number of nitrogens with one attached hydrogen (secondary N) is 2. The number of aryl methyl sites for hydroxylation is 1. The summed E-state index contributed by atoms with van der Waals surface area (Å²) in [4.78, 5) is 72.3. The first-order valence-corrected chi connectivity index (χ1v) is 25.2. The summed E-state index contributed by atoms with van der Waals surface area (Å²) in [6.45, 7) is 17.2. The first-order valence-electron chi connectivity index (χ1n) is 24.4. The van der Waals surface area contributed by atoms with Crippen LogP contribution in [0.4, 0.5) is 4.79 Å². The second-order valence-electron chi connectivity index (χ2n) is 20.7. The van der Waals surface area contributed by atoms with Gasteiger partial charge in [0.15, 0.2) is 0 Å². The fourth-order valence-electron chi connectivity index (χ4n) is 10.9. The number of likely N-dealkylation sites (N-methyl/N-ethyl adjacent to an activating group) is 2. The van der Waals surface area contributed by atoms with Gasteiger partial charge in [0.2, 0.25) is 5.91 Å². The smallest absolute Gasteiger partial charge is 0.320 e. The van der Waals surface area contributed by atoms with Crippen molar-refractivity contribution in [3.63, 3.8) is 0 Å². The normalized spacial score (nSPS) is 23.3. The fraction of sp³-hybridized carbons (Fsp3) is 0.608. The molecule has 0 saturated carbocycles. The van der Waals surface area contributed by atoms with Crippen molar-refractivity contribution in [2.75, 3.05) is 73.7 Å². The Labute approximate surface area is 405 Å². The number of urea groups is 1. The predicted molar refractivity (Wildman–Crippen MR) is 263 cm³/mol. The highest BCUT2D eigenvalue weighted by Crippen LogP contribution is 2.42. The molecule has 6 bridgehead atoms. The predicted octanol–water partition coefficient (Wildman–Crippen LogP) is 6.12. The van der Waals surface area contributed by atoms with Gasteiger partial charge in [-0.1, -0.05) is 33.8 Å². The van der Waals surface area contributed by atoms with E-state index in [9.17, 15) is 19.2 Å². The zero-order chi connectivity index (χ0) is 48.5. The molecular formula is C51H71N9O7S. The third-order valence-corrected chi connectivity index (χ3v) is 15.4. The van der Waals surface area contributed by atoms with E-state index in [0.29, 0.717) is 57.1 Å². The summed E-state index contributed by atoms with van der Waals surface area (Å²) in [7, 11) is 5.47. The van der Waals surface area contributed by atoms with E-state index >= 15 is 0 Å². The van der Waals surface area contributed by atoms with Gasteiger partial charge < -0.3 is 43.6 Å². The largest absolute Gasteiger partial charge is 0.378 e. The lowest BCUT2D eigenvalue weighted by Crippen LogP contribution is -2.66. The van der Waals surface area contributed by atoms with Gasteiger partial charge in [-0.2, -0.15) is 0 Å². The number of aldehydes is 1. The molecule has 4 aromatic rings. The Hall–Kier alpha value is -4.78. The number of likely N-dealkylation sites (tertiary alicyclic amines) is 1. The molecule has 0 aliphatic carbocycles. The monoisotopic (exact) mass is 954 g/mol. The number of nitrogens with zero attached hydrogens (tertiary/aromatic N) is 7. The van der Waals surface area contributed by atoms with Gasteiger partial charge in [-0.25, -0.2) is 15.2 Å². The van der Waals surface area contributed by atoms with Crippen LogP contribution in [0.3, 0.4) is 0 Å². The Kier molecular flexibility index (Phi) is 14.8. The minimum Gasteiger partial charge on any atom is -0.378 e. The maximum Gasteiger partial charge on any atom is 0.320 e. The van der Waals surface area contributed by atoms with Crippen molar-refractivity contribution in [2.24, 2.45) is 11.3 Å². The van der Waals surface area contributed by atoms with E-state index in [1.807, 2.05) is 38.4 Å². The topological polar surface area (TPSA) is 164 Å². The number of rotatable bonds is 9. The maximum atomic E-state index is 14.8. The van der Waals surface area contributed by atoms with Crippen LogP contribution in [0.1, 0.15) is 89.6 Å². The Morgan fingerprint density at radius 3 is 2.59 bits per heavy atom. The van der Waals surface area contributed by atoms with Crippen LogP contribution < -0.4 is 10.7 Å². The number of ether oxygens (including phenoxy) is 3. The number of fused-ring (bicyclic) bond motifs is 6. The van der Waals surface area contributed by atoms with Gasteiger partial charge in [0, 0.05) is 93.5 Å². The lowest BCUT2D eigenvalue weighted by Gasteiger charge is -2.47. The standard InChI is InChI=1S/C51H71N9O7S/c1-10-59-41-15-14-35-25-37(41)38(45(59)36-13-11-19-52-43(36)34(4)65-9)27-49(5,6)31-66-32-50(30-61)16-12-20-60(55-50)47(63)39(26-42-53-40(35)28-68-42)54-46(62)44(33(2)3)57(8)48(64)58-21-17-51(18-22-58)29-56(7)23-24-67-51/h11,13-15,19,25,28,30,33-34,39,44,55H,10,12,16-18,20-24,26-27,29,31-32H2,1-9H3,(H,54,62)/t34-,39-,44-,50-/m0/s1. The van der Waals surface area contributed by atoms with E-state index in [4.69, 9.17) is 24.2 Å². The number of hydrogen-bond donors (Lipinski definition) is 2. The molecule has 2 N–H and O–H groups in total. The Balaban J connectivity index is 1.14. The molecule has 8 rings (SSSR count). The van der Waals surface area contributed by atoms with Crippen molar-refractivity contribution >= 4 is 46.4 Å².